The second-order valence-corrected chi connectivity index (χ2v) is 4.39. The Balaban J connectivity index is 2.01. The smallest absolute Gasteiger partial charge is 0.0916 e. The molecule has 13 heavy (non-hydrogen) atoms. The average molecular weight is 184 g/mol. The quantitative estimate of drug-likeness (QED) is 0.411. The van der Waals surface area contributed by atoms with Crippen molar-refractivity contribution in [2.45, 2.75) is 70.8 Å². The fraction of sp³-hybridized carbons (Fsp3) is 1.00. The summed E-state index contributed by atoms with van der Waals surface area (Å²) < 4.78 is 5.59. The summed E-state index contributed by atoms with van der Waals surface area (Å²) >= 11 is 0. The lowest BCUT2D eigenvalue weighted by molar-refractivity contribution is 0.261. The van der Waals surface area contributed by atoms with Gasteiger partial charge in [-0.1, -0.05) is 52.4 Å². The number of unbranched alkanes of at least 4 members (excludes halogenated alkanes) is 4. The van der Waals surface area contributed by atoms with Gasteiger partial charge in [0.2, 0.25) is 0 Å². The van der Waals surface area contributed by atoms with E-state index in [0.717, 1.165) is 6.61 Å². The largest absolute Gasteiger partial charge is 0.370 e. The molecule has 0 saturated carbocycles. The van der Waals surface area contributed by atoms with Crippen molar-refractivity contribution in [1.29, 1.82) is 0 Å². The Kier molecular flexibility index (Phi) is 4.79. The summed E-state index contributed by atoms with van der Waals surface area (Å²) in [7, 11) is 0. The summed E-state index contributed by atoms with van der Waals surface area (Å²) in [6, 6.07) is 0. The van der Waals surface area contributed by atoms with Crippen LogP contribution in [0.4, 0.5) is 0 Å². The molecule has 0 aromatic carbocycles. The molecule has 1 heterocycles. The zero-order valence-corrected chi connectivity index (χ0v) is 9.27. The Morgan fingerprint density at radius 1 is 0.923 bits per heavy atom. The maximum Gasteiger partial charge on any atom is 0.0916 e. The molecule has 1 heteroatoms. The molecule has 0 aromatic heterocycles. The number of hydrogen-bond donors (Lipinski definition) is 0. The van der Waals surface area contributed by atoms with Gasteiger partial charge < -0.3 is 4.74 Å². The van der Waals surface area contributed by atoms with Gasteiger partial charge in [0, 0.05) is 0 Å². The van der Waals surface area contributed by atoms with E-state index in [9.17, 15) is 0 Å². The van der Waals surface area contributed by atoms with Crippen molar-refractivity contribution < 1.29 is 4.74 Å². The van der Waals surface area contributed by atoms with Gasteiger partial charge in [-0.15, -0.1) is 0 Å². The molecular weight excluding hydrogens is 160 g/mol. The number of rotatable bonds is 8. The minimum Gasteiger partial charge on any atom is -0.370 e. The van der Waals surface area contributed by atoms with Crippen molar-refractivity contribution in [3.63, 3.8) is 0 Å². The first kappa shape index (κ1) is 11.0. The third-order valence-electron chi connectivity index (χ3n) is 3.02. The van der Waals surface area contributed by atoms with Crippen molar-refractivity contribution in [2.24, 2.45) is 0 Å². The highest BCUT2D eigenvalue weighted by molar-refractivity contribution is 4.91. The molecule has 0 spiro atoms. The van der Waals surface area contributed by atoms with Gasteiger partial charge in [0.05, 0.1) is 12.2 Å². The van der Waals surface area contributed by atoms with Gasteiger partial charge in [-0.3, -0.25) is 0 Å². The monoisotopic (exact) mass is 184 g/mol. The van der Waals surface area contributed by atoms with Crippen LogP contribution in [0.25, 0.3) is 0 Å². The van der Waals surface area contributed by atoms with E-state index in [4.69, 9.17) is 4.74 Å². The first-order valence-electron chi connectivity index (χ1n) is 5.97. The van der Waals surface area contributed by atoms with E-state index in [1.807, 2.05) is 0 Å². The van der Waals surface area contributed by atoms with Crippen LogP contribution >= 0.6 is 0 Å². The van der Waals surface area contributed by atoms with Crippen LogP contribution in [0, 0.1) is 0 Å². The van der Waals surface area contributed by atoms with Gasteiger partial charge in [0.15, 0.2) is 0 Å². The van der Waals surface area contributed by atoms with Crippen molar-refractivity contribution in [2.75, 3.05) is 6.61 Å². The van der Waals surface area contributed by atoms with Crippen molar-refractivity contribution in [3.05, 3.63) is 0 Å². The van der Waals surface area contributed by atoms with Gasteiger partial charge >= 0.3 is 0 Å². The lowest BCUT2D eigenvalue weighted by Gasteiger charge is -2.10. The molecule has 0 aliphatic carbocycles. The second-order valence-electron chi connectivity index (χ2n) is 4.39. The molecule has 0 bridgehead atoms. The van der Waals surface area contributed by atoms with Crippen molar-refractivity contribution in [1.82, 2.24) is 0 Å². The second kappa shape index (κ2) is 5.64. The summed E-state index contributed by atoms with van der Waals surface area (Å²) in [5, 5.41) is 0. The normalized spacial score (nSPS) is 18.9. The van der Waals surface area contributed by atoms with Gasteiger partial charge in [-0.25, -0.2) is 0 Å². The van der Waals surface area contributed by atoms with Crippen LogP contribution in [0.5, 0.6) is 0 Å². The molecule has 1 aliphatic heterocycles. The Morgan fingerprint density at radius 3 is 1.69 bits per heavy atom. The Morgan fingerprint density at radius 2 is 1.38 bits per heavy atom. The fourth-order valence-electron chi connectivity index (χ4n) is 1.91. The molecule has 1 aliphatic rings. The van der Waals surface area contributed by atoms with Crippen molar-refractivity contribution >= 4 is 0 Å². The Bertz CT molecular complexity index is 115. The van der Waals surface area contributed by atoms with Crippen LogP contribution in [0.1, 0.15) is 65.2 Å². The van der Waals surface area contributed by atoms with Crippen LogP contribution in [0.15, 0.2) is 0 Å². The van der Waals surface area contributed by atoms with E-state index < -0.39 is 0 Å². The zero-order chi connectivity index (χ0) is 9.57. The summed E-state index contributed by atoms with van der Waals surface area (Å²) in [6.45, 7) is 5.56. The molecule has 78 valence electrons. The van der Waals surface area contributed by atoms with Crippen LogP contribution in [-0.4, -0.2) is 12.2 Å². The predicted octanol–water partition coefficient (Wildman–Crippen LogP) is 3.92. The van der Waals surface area contributed by atoms with Gasteiger partial charge in [-0.05, 0) is 12.8 Å². The first-order valence-corrected chi connectivity index (χ1v) is 5.97. The fourth-order valence-corrected chi connectivity index (χ4v) is 1.91. The molecule has 0 amide bonds. The van der Waals surface area contributed by atoms with E-state index in [0.29, 0.717) is 5.60 Å². The lowest BCUT2D eigenvalue weighted by atomic mass is 9.96. The maximum atomic E-state index is 5.59. The van der Waals surface area contributed by atoms with Gasteiger partial charge in [0.25, 0.3) is 0 Å². The molecule has 1 nitrogen and oxygen atoms in total. The molecule has 1 rings (SSSR count). The minimum atomic E-state index is 0.352. The molecule has 0 unspecified atom stereocenters. The SMILES string of the molecule is CCCCCC1(CCCCC)CO1. The van der Waals surface area contributed by atoms with E-state index in [1.54, 1.807) is 0 Å². The Hall–Kier alpha value is -0.0400. The first-order chi connectivity index (χ1) is 6.33. The Labute approximate surface area is 82.9 Å². The number of hydrogen-bond acceptors (Lipinski definition) is 1. The van der Waals surface area contributed by atoms with Gasteiger partial charge in [0.1, 0.15) is 0 Å². The highest BCUT2D eigenvalue weighted by atomic mass is 16.6. The summed E-state index contributed by atoms with van der Waals surface area (Å²) in [5.74, 6) is 0. The molecule has 0 N–H and O–H groups in total. The van der Waals surface area contributed by atoms with Crippen LogP contribution in [-0.2, 0) is 4.74 Å². The molecule has 0 radical (unpaired) electrons. The van der Waals surface area contributed by atoms with E-state index in [2.05, 4.69) is 13.8 Å². The highest BCUT2D eigenvalue weighted by Gasteiger charge is 2.42. The van der Waals surface area contributed by atoms with Gasteiger partial charge in [-0.2, -0.15) is 0 Å². The number of ether oxygens (including phenoxy) is 1. The van der Waals surface area contributed by atoms with E-state index >= 15 is 0 Å². The third-order valence-corrected chi connectivity index (χ3v) is 3.02. The van der Waals surface area contributed by atoms with E-state index in [1.165, 1.54) is 51.4 Å². The molecular formula is C12H24O. The molecule has 0 atom stereocenters. The molecule has 1 fully saturated rings. The van der Waals surface area contributed by atoms with Crippen LogP contribution in [0.3, 0.4) is 0 Å². The van der Waals surface area contributed by atoms with Crippen molar-refractivity contribution in [3.8, 4) is 0 Å². The third kappa shape index (κ3) is 4.12. The van der Waals surface area contributed by atoms with Crippen LogP contribution in [0.2, 0.25) is 0 Å². The predicted molar refractivity (Wildman–Crippen MR) is 57.0 cm³/mol. The number of epoxide rings is 1. The molecule has 1 saturated heterocycles. The van der Waals surface area contributed by atoms with E-state index in [-0.39, 0.29) is 0 Å². The highest BCUT2D eigenvalue weighted by Crippen LogP contribution is 2.37. The lowest BCUT2D eigenvalue weighted by Crippen LogP contribution is -2.10. The standard InChI is InChI=1S/C12H24O/c1-3-5-7-9-12(11-13-12)10-8-6-4-2/h3-11H2,1-2H3. The average Bonchev–Trinajstić information content (AvgIpc) is 2.87. The molecule has 0 aromatic rings. The topological polar surface area (TPSA) is 12.5 Å². The summed E-state index contributed by atoms with van der Waals surface area (Å²) in [5.41, 5.74) is 0.352. The maximum absolute atomic E-state index is 5.59. The van der Waals surface area contributed by atoms with Crippen LogP contribution < -0.4 is 0 Å². The zero-order valence-electron chi connectivity index (χ0n) is 9.27. The summed E-state index contributed by atoms with van der Waals surface area (Å²) in [6.07, 6.45) is 10.7. The minimum absolute atomic E-state index is 0.352. The summed E-state index contributed by atoms with van der Waals surface area (Å²) in [4.78, 5) is 0.